The first kappa shape index (κ1) is 14.4. The van der Waals surface area contributed by atoms with E-state index >= 15 is 0 Å². The largest absolute Gasteiger partial charge is 0.340 e. The third-order valence-electron chi connectivity index (χ3n) is 3.11. The van der Waals surface area contributed by atoms with Gasteiger partial charge in [0.1, 0.15) is 0 Å². The molecule has 100 valence electrons. The van der Waals surface area contributed by atoms with Crippen LogP contribution in [0, 0.1) is 0 Å². The van der Waals surface area contributed by atoms with Crippen molar-refractivity contribution in [2.24, 2.45) is 0 Å². The summed E-state index contributed by atoms with van der Waals surface area (Å²) in [6.45, 7) is 6.52. The summed E-state index contributed by atoms with van der Waals surface area (Å²) in [5.74, 6) is 0.287. The molecule has 0 atom stereocenters. The van der Waals surface area contributed by atoms with Gasteiger partial charge in [0.25, 0.3) is 0 Å². The minimum atomic E-state index is 0.287. The van der Waals surface area contributed by atoms with Crippen LogP contribution in [0.2, 0.25) is 0 Å². The van der Waals surface area contributed by atoms with Gasteiger partial charge in [-0.3, -0.25) is 4.79 Å². The van der Waals surface area contributed by atoms with Crippen molar-refractivity contribution in [3.05, 3.63) is 0 Å². The number of hydrogen-bond acceptors (Lipinski definition) is 4. The third kappa shape index (κ3) is 6.00. The summed E-state index contributed by atoms with van der Waals surface area (Å²) in [6.07, 6.45) is 0.622. The van der Waals surface area contributed by atoms with E-state index in [0.717, 1.165) is 45.8 Å². The van der Waals surface area contributed by atoms with Gasteiger partial charge in [-0.1, -0.05) is 0 Å². The van der Waals surface area contributed by atoms with Crippen LogP contribution in [0.5, 0.6) is 0 Å². The SMILES string of the molecule is CN(C)CCNCCC(=O)N1CCN(C)CC1. The van der Waals surface area contributed by atoms with Crippen LogP contribution in [0.4, 0.5) is 0 Å². The molecule has 1 N–H and O–H groups in total. The molecule has 0 unspecified atom stereocenters. The van der Waals surface area contributed by atoms with Gasteiger partial charge < -0.3 is 20.0 Å². The van der Waals surface area contributed by atoms with Crippen LogP contribution in [0.3, 0.4) is 0 Å². The summed E-state index contributed by atoms with van der Waals surface area (Å²) < 4.78 is 0. The van der Waals surface area contributed by atoms with Crippen molar-refractivity contribution in [2.45, 2.75) is 6.42 Å². The van der Waals surface area contributed by atoms with E-state index in [0.29, 0.717) is 6.42 Å². The molecule has 1 aliphatic rings. The lowest BCUT2D eigenvalue weighted by molar-refractivity contribution is -0.132. The number of amides is 1. The van der Waals surface area contributed by atoms with E-state index in [1.807, 2.05) is 4.90 Å². The van der Waals surface area contributed by atoms with Crippen molar-refractivity contribution in [3.63, 3.8) is 0 Å². The fraction of sp³-hybridized carbons (Fsp3) is 0.917. The maximum Gasteiger partial charge on any atom is 0.223 e. The molecule has 0 aromatic carbocycles. The van der Waals surface area contributed by atoms with Gasteiger partial charge in [-0.15, -0.1) is 0 Å². The summed E-state index contributed by atoms with van der Waals surface area (Å²) in [5, 5.41) is 3.30. The number of nitrogens with zero attached hydrogens (tertiary/aromatic N) is 3. The summed E-state index contributed by atoms with van der Waals surface area (Å²) >= 11 is 0. The van der Waals surface area contributed by atoms with Crippen LogP contribution in [0.15, 0.2) is 0 Å². The Labute approximate surface area is 105 Å². The van der Waals surface area contributed by atoms with Crippen molar-refractivity contribution < 1.29 is 4.79 Å². The van der Waals surface area contributed by atoms with Gasteiger partial charge in [-0.25, -0.2) is 0 Å². The van der Waals surface area contributed by atoms with Crippen molar-refractivity contribution >= 4 is 5.91 Å². The highest BCUT2D eigenvalue weighted by molar-refractivity contribution is 5.76. The van der Waals surface area contributed by atoms with E-state index in [9.17, 15) is 4.79 Å². The monoisotopic (exact) mass is 242 g/mol. The molecule has 0 aliphatic carbocycles. The molecule has 1 heterocycles. The third-order valence-corrected chi connectivity index (χ3v) is 3.11. The van der Waals surface area contributed by atoms with E-state index in [4.69, 9.17) is 0 Å². The molecule has 17 heavy (non-hydrogen) atoms. The molecule has 1 fully saturated rings. The molecule has 5 nitrogen and oxygen atoms in total. The van der Waals surface area contributed by atoms with Gasteiger partial charge in [0.05, 0.1) is 0 Å². The average molecular weight is 242 g/mol. The number of piperazine rings is 1. The van der Waals surface area contributed by atoms with Crippen LogP contribution in [0.1, 0.15) is 6.42 Å². The summed E-state index contributed by atoms with van der Waals surface area (Å²) in [6, 6.07) is 0. The number of likely N-dealkylation sites (N-methyl/N-ethyl adjacent to an activating group) is 2. The average Bonchev–Trinajstić information content (AvgIpc) is 2.29. The Morgan fingerprint density at radius 1 is 1.18 bits per heavy atom. The lowest BCUT2D eigenvalue weighted by Crippen LogP contribution is -2.47. The first-order valence-corrected chi connectivity index (χ1v) is 6.41. The molecule has 0 bridgehead atoms. The Balaban J connectivity index is 2.05. The smallest absolute Gasteiger partial charge is 0.223 e. The fourth-order valence-electron chi connectivity index (χ4n) is 1.84. The summed E-state index contributed by atoms with van der Waals surface area (Å²) in [5.41, 5.74) is 0. The second kappa shape index (κ2) is 7.63. The van der Waals surface area contributed by atoms with Crippen molar-refractivity contribution in [3.8, 4) is 0 Å². The zero-order chi connectivity index (χ0) is 12.7. The van der Waals surface area contributed by atoms with Gasteiger partial charge in [0, 0.05) is 52.2 Å². The van der Waals surface area contributed by atoms with Gasteiger partial charge in [-0.2, -0.15) is 0 Å². The Hall–Kier alpha value is -0.650. The number of rotatable bonds is 6. The molecule has 1 saturated heterocycles. The molecule has 1 aliphatic heterocycles. The zero-order valence-electron chi connectivity index (χ0n) is 11.4. The predicted octanol–water partition coefficient (Wildman–Crippen LogP) is -0.698. The molecule has 0 spiro atoms. The van der Waals surface area contributed by atoms with Crippen LogP contribution in [0.25, 0.3) is 0 Å². The quantitative estimate of drug-likeness (QED) is 0.625. The Morgan fingerprint density at radius 3 is 2.41 bits per heavy atom. The minimum absolute atomic E-state index is 0.287. The molecule has 5 heteroatoms. The number of carbonyl (C=O) groups is 1. The molecule has 0 aromatic heterocycles. The highest BCUT2D eigenvalue weighted by Crippen LogP contribution is 2.01. The second-order valence-electron chi connectivity index (χ2n) is 4.99. The second-order valence-corrected chi connectivity index (χ2v) is 4.99. The minimum Gasteiger partial charge on any atom is -0.340 e. The van der Waals surface area contributed by atoms with E-state index in [2.05, 4.69) is 36.3 Å². The molecule has 1 rings (SSSR count). The molecular formula is C12H26N4O. The molecule has 0 radical (unpaired) electrons. The first-order valence-electron chi connectivity index (χ1n) is 6.41. The maximum atomic E-state index is 11.9. The van der Waals surface area contributed by atoms with Crippen molar-refractivity contribution in [1.29, 1.82) is 0 Å². The standard InChI is InChI=1S/C12H26N4O/c1-14(2)7-6-13-5-4-12(17)16-10-8-15(3)9-11-16/h13H,4-11H2,1-3H3. The summed E-state index contributed by atoms with van der Waals surface area (Å²) in [7, 11) is 6.21. The van der Waals surface area contributed by atoms with Gasteiger partial charge in [-0.05, 0) is 21.1 Å². The predicted molar refractivity (Wildman–Crippen MR) is 70.1 cm³/mol. The molecule has 0 aromatic rings. The maximum absolute atomic E-state index is 11.9. The van der Waals surface area contributed by atoms with Crippen LogP contribution in [-0.2, 0) is 4.79 Å². The normalized spacial score (nSPS) is 17.8. The van der Waals surface area contributed by atoms with E-state index < -0.39 is 0 Å². The molecule has 0 saturated carbocycles. The Bertz CT molecular complexity index is 225. The fourth-order valence-corrected chi connectivity index (χ4v) is 1.84. The van der Waals surface area contributed by atoms with Crippen LogP contribution < -0.4 is 5.32 Å². The Morgan fingerprint density at radius 2 is 1.82 bits per heavy atom. The van der Waals surface area contributed by atoms with Crippen LogP contribution in [-0.4, -0.2) is 87.6 Å². The van der Waals surface area contributed by atoms with E-state index in [1.54, 1.807) is 0 Å². The lowest BCUT2D eigenvalue weighted by atomic mass is 10.3. The first-order chi connectivity index (χ1) is 8.09. The molecular weight excluding hydrogens is 216 g/mol. The van der Waals surface area contributed by atoms with Gasteiger partial charge >= 0.3 is 0 Å². The van der Waals surface area contributed by atoms with Gasteiger partial charge in [0.2, 0.25) is 5.91 Å². The number of carbonyl (C=O) groups excluding carboxylic acids is 1. The topological polar surface area (TPSA) is 38.8 Å². The molecule has 1 amide bonds. The van der Waals surface area contributed by atoms with Crippen molar-refractivity contribution in [1.82, 2.24) is 20.0 Å². The highest BCUT2D eigenvalue weighted by Gasteiger charge is 2.17. The zero-order valence-corrected chi connectivity index (χ0v) is 11.4. The van der Waals surface area contributed by atoms with Crippen molar-refractivity contribution in [2.75, 3.05) is 67.0 Å². The summed E-state index contributed by atoms with van der Waals surface area (Å²) in [4.78, 5) is 18.2. The van der Waals surface area contributed by atoms with Crippen LogP contribution >= 0.6 is 0 Å². The lowest BCUT2D eigenvalue weighted by Gasteiger charge is -2.32. The van der Waals surface area contributed by atoms with E-state index in [1.165, 1.54) is 0 Å². The Kier molecular flexibility index (Phi) is 6.47. The highest BCUT2D eigenvalue weighted by atomic mass is 16.2. The van der Waals surface area contributed by atoms with E-state index in [-0.39, 0.29) is 5.91 Å². The number of nitrogens with one attached hydrogen (secondary N) is 1. The number of hydrogen-bond donors (Lipinski definition) is 1. The van der Waals surface area contributed by atoms with Gasteiger partial charge in [0.15, 0.2) is 0 Å².